The lowest BCUT2D eigenvalue weighted by atomic mass is 10.0. The van der Waals surface area contributed by atoms with Crippen molar-refractivity contribution in [3.05, 3.63) is 65.2 Å². The van der Waals surface area contributed by atoms with Crippen molar-refractivity contribution in [1.29, 1.82) is 0 Å². The maximum absolute atomic E-state index is 12.3. The molecule has 0 fully saturated rings. The standard InChI is InChI=1S/C18H20N2O.C2H7NS/c1-3-14-8-10-15(11-9-14)12-20-13(2)16-6-4-5-7-17(16)19-18(20)21;1-2-3-4/h4-11,13H,3,12H2,1-2H3,(H,19,21);3-4H,2H2,1H3. The van der Waals surface area contributed by atoms with Gasteiger partial charge in [-0.15, -0.1) is 0 Å². The molecular weight excluding hydrogens is 330 g/mol. The van der Waals surface area contributed by atoms with Gasteiger partial charge in [-0.3, -0.25) is 4.72 Å². The molecule has 2 N–H and O–H groups in total. The molecule has 0 saturated carbocycles. The Morgan fingerprint density at radius 1 is 1.08 bits per heavy atom. The number of carbonyl (C=O) groups is 1. The van der Waals surface area contributed by atoms with Crippen molar-refractivity contribution in [2.24, 2.45) is 0 Å². The second-order valence-electron chi connectivity index (χ2n) is 6.00. The van der Waals surface area contributed by atoms with E-state index in [1.54, 1.807) is 0 Å². The molecule has 1 heterocycles. The second kappa shape index (κ2) is 9.49. The van der Waals surface area contributed by atoms with E-state index in [0.29, 0.717) is 6.54 Å². The Morgan fingerprint density at radius 2 is 1.68 bits per heavy atom. The number of nitrogens with one attached hydrogen (secondary N) is 2. The molecule has 2 aromatic carbocycles. The van der Waals surface area contributed by atoms with Gasteiger partial charge in [0.15, 0.2) is 0 Å². The number of thiol groups is 1. The summed E-state index contributed by atoms with van der Waals surface area (Å²) in [6.07, 6.45) is 1.04. The SMILES string of the molecule is CCNS.CCc1ccc(CN2C(=O)Nc3ccccc3C2C)cc1. The molecule has 0 spiro atoms. The van der Waals surface area contributed by atoms with E-state index in [1.807, 2.05) is 30.0 Å². The summed E-state index contributed by atoms with van der Waals surface area (Å²) < 4.78 is 2.62. The summed E-state index contributed by atoms with van der Waals surface area (Å²) in [7, 11) is 0. The predicted octanol–water partition coefficient (Wildman–Crippen LogP) is 4.80. The van der Waals surface area contributed by atoms with E-state index < -0.39 is 0 Å². The van der Waals surface area contributed by atoms with Crippen LogP contribution in [0, 0.1) is 0 Å². The summed E-state index contributed by atoms with van der Waals surface area (Å²) in [6.45, 7) is 7.78. The molecule has 2 aromatic rings. The maximum Gasteiger partial charge on any atom is 0.322 e. The van der Waals surface area contributed by atoms with E-state index in [-0.39, 0.29) is 12.1 Å². The number of hydrogen-bond acceptors (Lipinski definition) is 3. The van der Waals surface area contributed by atoms with Gasteiger partial charge in [0.25, 0.3) is 0 Å². The smallest absolute Gasteiger partial charge is 0.313 e. The highest BCUT2D eigenvalue weighted by molar-refractivity contribution is 7.78. The molecule has 4 nitrogen and oxygen atoms in total. The van der Waals surface area contributed by atoms with E-state index in [4.69, 9.17) is 0 Å². The summed E-state index contributed by atoms with van der Waals surface area (Å²) in [5.41, 5.74) is 4.57. The van der Waals surface area contributed by atoms with E-state index in [1.165, 1.54) is 11.1 Å². The first-order valence-electron chi connectivity index (χ1n) is 8.72. The molecule has 25 heavy (non-hydrogen) atoms. The molecule has 0 aromatic heterocycles. The number of anilines is 1. The molecule has 5 heteroatoms. The molecule has 134 valence electrons. The molecule has 1 aliphatic heterocycles. The van der Waals surface area contributed by atoms with Gasteiger partial charge in [0.05, 0.1) is 6.04 Å². The van der Waals surface area contributed by atoms with Gasteiger partial charge >= 0.3 is 6.03 Å². The predicted molar refractivity (Wildman–Crippen MR) is 108 cm³/mol. The quantitative estimate of drug-likeness (QED) is 0.688. The van der Waals surface area contributed by atoms with E-state index in [9.17, 15) is 4.79 Å². The summed E-state index contributed by atoms with van der Waals surface area (Å²) >= 11 is 3.67. The van der Waals surface area contributed by atoms with Crippen molar-refractivity contribution >= 4 is 24.5 Å². The van der Waals surface area contributed by atoms with Crippen molar-refractivity contribution < 1.29 is 4.79 Å². The highest BCUT2D eigenvalue weighted by atomic mass is 32.1. The number of nitrogens with zero attached hydrogens (tertiary/aromatic N) is 1. The Balaban J connectivity index is 0.000000511. The fourth-order valence-electron chi connectivity index (χ4n) is 2.79. The highest BCUT2D eigenvalue weighted by Gasteiger charge is 2.28. The lowest BCUT2D eigenvalue weighted by molar-refractivity contribution is 0.186. The van der Waals surface area contributed by atoms with Crippen LogP contribution in [0.4, 0.5) is 10.5 Å². The van der Waals surface area contributed by atoms with Crippen molar-refractivity contribution in [1.82, 2.24) is 9.62 Å². The van der Waals surface area contributed by atoms with Crippen LogP contribution >= 0.6 is 12.8 Å². The summed E-state index contributed by atoms with van der Waals surface area (Å²) in [4.78, 5) is 14.2. The van der Waals surface area contributed by atoms with E-state index in [2.05, 4.69) is 67.0 Å². The first-order chi connectivity index (χ1) is 12.1. The fourth-order valence-corrected chi connectivity index (χ4v) is 2.79. The molecule has 0 bridgehead atoms. The average molecular weight is 358 g/mol. The third kappa shape index (κ3) is 5.00. The summed E-state index contributed by atoms with van der Waals surface area (Å²) in [6, 6.07) is 16.5. The van der Waals surface area contributed by atoms with Gasteiger partial charge in [-0.1, -0.05) is 69.1 Å². The van der Waals surface area contributed by atoms with Gasteiger partial charge in [-0.2, -0.15) is 0 Å². The summed E-state index contributed by atoms with van der Waals surface area (Å²) in [5, 5.41) is 2.97. The van der Waals surface area contributed by atoms with Crippen LogP contribution in [-0.4, -0.2) is 17.5 Å². The first-order valence-corrected chi connectivity index (χ1v) is 9.16. The Labute approximate surface area is 156 Å². The van der Waals surface area contributed by atoms with Crippen molar-refractivity contribution in [3.8, 4) is 0 Å². The van der Waals surface area contributed by atoms with Crippen molar-refractivity contribution in [3.63, 3.8) is 0 Å². The zero-order valence-electron chi connectivity index (χ0n) is 15.1. The van der Waals surface area contributed by atoms with Crippen LogP contribution in [0.2, 0.25) is 0 Å². The fraction of sp³-hybridized carbons (Fsp3) is 0.350. The van der Waals surface area contributed by atoms with Crippen LogP contribution in [0.1, 0.15) is 43.5 Å². The highest BCUT2D eigenvalue weighted by Crippen LogP contribution is 2.33. The minimum absolute atomic E-state index is 0.0271. The van der Waals surface area contributed by atoms with Crippen LogP contribution < -0.4 is 10.0 Å². The monoisotopic (exact) mass is 357 g/mol. The maximum atomic E-state index is 12.3. The summed E-state index contributed by atoms with van der Waals surface area (Å²) in [5.74, 6) is 0. The molecule has 0 radical (unpaired) electrons. The Morgan fingerprint density at radius 3 is 2.28 bits per heavy atom. The number of benzene rings is 2. The van der Waals surface area contributed by atoms with Crippen LogP contribution in [-0.2, 0) is 13.0 Å². The van der Waals surface area contributed by atoms with Gasteiger partial charge in [-0.25, -0.2) is 4.79 Å². The van der Waals surface area contributed by atoms with Gasteiger partial charge < -0.3 is 10.2 Å². The molecule has 1 aliphatic rings. The van der Waals surface area contributed by atoms with E-state index in [0.717, 1.165) is 24.2 Å². The Bertz CT molecular complexity index is 686. The number of amides is 2. The van der Waals surface area contributed by atoms with Gasteiger partial charge in [0.2, 0.25) is 0 Å². The van der Waals surface area contributed by atoms with Crippen molar-refractivity contribution in [2.45, 2.75) is 39.8 Å². The zero-order chi connectivity index (χ0) is 18.2. The van der Waals surface area contributed by atoms with E-state index >= 15 is 0 Å². The number of fused-ring (bicyclic) bond motifs is 1. The number of urea groups is 1. The second-order valence-corrected chi connectivity index (χ2v) is 6.32. The minimum atomic E-state index is -0.0271. The van der Waals surface area contributed by atoms with Crippen LogP contribution in [0.5, 0.6) is 0 Å². The number of aryl methyl sites for hydroxylation is 1. The number of para-hydroxylation sites is 1. The van der Waals surface area contributed by atoms with Gasteiger partial charge in [-0.05, 0) is 36.1 Å². The number of hydrogen-bond donors (Lipinski definition) is 3. The molecule has 1 atom stereocenters. The number of carbonyl (C=O) groups excluding carboxylic acids is 1. The van der Waals surface area contributed by atoms with Gasteiger partial charge in [0.1, 0.15) is 0 Å². The lowest BCUT2D eigenvalue weighted by Gasteiger charge is -2.35. The Kier molecular flexibility index (Phi) is 7.34. The number of rotatable bonds is 4. The zero-order valence-corrected chi connectivity index (χ0v) is 16.0. The largest absolute Gasteiger partial charge is 0.322 e. The molecule has 2 amide bonds. The first kappa shape index (κ1) is 19.3. The third-order valence-electron chi connectivity index (χ3n) is 4.32. The molecule has 1 unspecified atom stereocenters. The molecule has 0 saturated heterocycles. The van der Waals surface area contributed by atoms with Crippen molar-refractivity contribution in [2.75, 3.05) is 11.9 Å². The minimum Gasteiger partial charge on any atom is -0.313 e. The van der Waals surface area contributed by atoms with Crippen LogP contribution in [0.25, 0.3) is 0 Å². The molecular formula is C20H27N3OS. The third-order valence-corrected chi connectivity index (χ3v) is 4.64. The average Bonchev–Trinajstić information content (AvgIpc) is 2.66. The molecule has 0 aliphatic carbocycles. The van der Waals surface area contributed by atoms with Crippen LogP contribution in [0.3, 0.4) is 0 Å². The topological polar surface area (TPSA) is 44.4 Å². The molecule has 3 rings (SSSR count). The lowest BCUT2D eigenvalue weighted by Crippen LogP contribution is -2.40. The normalized spacial score (nSPS) is 15.8. The van der Waals surface area contributed by atoms with Gasteiger partial charge in [0, 0.05) is 18.8 Å². The van der Waals surface area contributed by atoms with Crippen LogP contribution in [0.15, 0.2) is 48.5 Å². The Hall–Kier alpha value is -1.98.